The van der Waals surface area contributed by atoms with Gasteiger partial charge in [-0.05, 0) is 12.3 Å². The first-order valence-electron chi connectivity index (χ1n) is 5.09. The highest BCUT2D eigenvalue weighted by atomic mass is 35.5. The predicted octanol–water partition coefficient (Wildman–Crippen LogP) is 2.29. The quantitative estimate of drug-likeness (QED) is 0.865. The Morgan fingerprint density at radius 3 is 2.56 bits per heavy atom. The van der Waals surface area contributed by atoms with Crippen molar-refractivity contribution in [2.75, 3.05) is 0 Å². The molecule has 0 radical (unpaired) electrons. The van der Waals surface area contributed by atoms with E-state index in [0.29, 0.717) is 0 Å². The molecule has 1 N–H and O–H groups in total. The van der Waals surface area contributed by atoms with Crippen LogP contribution >= 0.6 is 11.6 Å². The summed E-state index contributed by atoms with van der Waals surface area (Å²) in [6.45, 7) is 8.13. The van der Waals surface area contributed by atoms with Gasteiger partial charge in [0.2, 0.25) is 0 Å². The number of rotatable bonds is 2. The van der Waals surface area contributed by atoms with Crippen molar-refractivity contribution in [2.45, 2.75) is 33.7 Å². The number of carbonyl (C=O) groups is 1. The Balaban J connectivity index is 2.74. The summed E-state index contributed by atoms with van der Waals surface area (Å²) in [5.41, 5.74) is 0.241. The molecule has 0 spiro atoms. The van der Waals surface area contributed by atoms with Crippen LogP contribution in [0.2, 0.25) is 5.15 Å². The molecule has 0 bridgehead atoms. The molecule has 16 heavy (non-hydrogen) atoms. The number of amides is 1. The van der Waals surface area contributed by atoms with Gasteiger partial charge in [-0.1, -0.05) is 32.4 Å². The molecule has 1 aromatic rings. The Morgan fingerprint density at radius 2 is 2.06 bits per heavy atom. The van der Waals surface area contributed by atoms with Gasteiger partial charge in [0.05, 0.1) is 12.4 Å². The average Bonchev–Trinajstić information content (AvgIpc) is 2.16. The van der Waals surface area contributed by atoms with Gasteiger partial charge in [-0.3, -0.25) is 9.78 Å². The smallest absolute Gasteiger partial charge is 0.271 e. The van der Waals surface area contributed by atoms with Gasteiger partial charge in [0.15, 0.2) is 0 Å². The second kappa shape index (κ2) is 4.78. The molecule has 88 valence electrons. The number of halogens is 1. The normalized spacial score (nSPS) is 13.3. The van der Waals surface area contributed by atoms with Gasteiger partial charge < -0.3 is 5.32 Å². The van der Waals surface area contributed by atoms with Crippen LogP contribution in [0.4, 0.5) is 0 Å². The summed E-state index contributed by atoms with van der Waals surface area (Å²) < 4.78 is 0. The van der Waals surface area contributed by atoms with Gasteiger partial charge in [0, 0.05) is 6.04 Å². The lowest BCUT2D eigenvalue weighted by molar-refractivity contribution is 0.0904. The molecule has 0 aliphatic carbocycles. The Hall–Kier alpha value is -1.16. The van der Waals surface area contributed by atoms with Crippen LogP contribution < -0.4 is 5.32 Å². The van der Waals surface area contributed by atoms with Gasteiger partial charge in [0.25, 0.3) is 5.91 Å². The van der Waals surface area contributed by atoms with Gasteiger partial charge in [-0.15, -0.1) is 0 Å². The molecular formula is C11H16ClN3O. The molecule has 1 unspecified atom stereocenters. The summed E-state index contributed by atoms with van der Waals surface area (Å²) >= 11 is 5.66. The van der Waals surface area contributed by atoms with Crippen molar-refractivity contribution in [1.82, 2.24) is 15.3 Å². The Morgan fingerprint density at radius 1 is 1.44 bits per heavy atom. The third kappa shape index (κ3) is 3.45. The van der Waals surface area contributed by atoms with E-state index in [-0.39, 0.29) is 28.2 Å². The molecule has 1 heterocycles. The molecule has 4 nitrogen and oxygen atoms in total. The van der Waals surface area contributed by atoms with E-state index in [0.717, 1.165) is 0 Å². The van der Waals surface area contributed by atoms with Crippen LogP contribution in [0.1, 0.15) is 38.2 Å². The molecular weight excluding hydrogens is 226 g/mol. The first kappa shape index (κ1) is 12.9. The lowest BCUT2D eigenvalue weighted by atomic mass is 9.88. The number of aromatic nitrogens is 2. The molecule has 0 saturated heterocycles. The molecule has 1 atom stereocenters. The van der Waals surface area contributed by atoms with Crippen molar-refractivity contribution in [3.8, 4) is 0 Å². The van der Waals surface area contributed by atoms with Crippen LogP contribution in [0.3, 0.4) is 0 Å². The first-order valence-corrected chi connectivity index (χ1v) is 5.47. The van der Waals surface area contributed by atoms with Crippen molar-refractivity contribution < 1.29 is 4.79 Å². The number of hydrogen-bond acceptors (Lipinski definition) is 3. The van der Waals surface area contributed by atoms with Crippen LogP contribution in [0.5, 0.6) is 0 Å². The SMILES string of the molecule is CC(NC(=O)c1cncc(Cl)n1)C(C)(C)C. The van der Waals surface area contributed by atoms with Gasteiger partial charge in [-0.2, -0.15) is 0 Å². The van der Waals surface area contributed by atoms with E-state index in [1.807, 2.05) is 6.92 Å². The standard InChI is InChI=1S/C11H16ClN3O/c1-7(11(2,3)4)14-10(16)8-5-13-6-9(12)15-8/h5-7H,1-4H3,(H,14,16). The molecule has 0 aliphatic rings. The minimum absolute atomic E-state index is 0.00165. The molecule has 0 aliphatic heterocycles. The van der Waals surface area contributed by atoms with Crippen molar-refractivity contribution in [2.24, 2.45) is 5.41 Å². The fraction of sp³-hybridized carbons (Fsp3) is 0.545. The second-order valence-corrected chi connectivity index (χ2v) is 5.18. The third-order valence-corrected chi connectivity index (χ3v) is 2.67. The van der Waals surface area contributed by atoms with E-state index < -0.39 is 0 Å². The minimum atomic E-state index is -0.252. The van der Waals surface area contributed by atoms with Crippen molar-refractivity contribution in [3.05, 3.63) is 23.2 Å². The zero-order valence-electron chi connectivity index (χ0n) is 9.91. The van der Waals surface area contributed by atoms with Gasteiger partial charge in [-0.25, -0.2) is 4.98 Å². The summed E-state index contributed by atoms with van der Waals surface area (Å²) in [7, 11) is 0. The molecule has 0 fully saturated rings. The number of hydrogen-bond donors (Lipinski definition) is 1. The van der Waals surface area contributed by atoms with Crippen LogP contribution in [0.15, 0.2) is 12.4 Å². The fourth-order valence-electron chi connectivity index (χ4n) is 0.939. The van der Waals surface area contributed by atoms with E-state index in [9.17, 15) is 4.79 Å². The Labute approximate surface area is 100 Å². The second-order valence-electron chi connectivity index (χ2n) is 4.79. The largest absolute Gasteiger partial charge is 0.348 e. The highest BCUT2D eigenvalue weighted by Gasteiger charge is 2.22. The van der Waals surface area contributed by atoms with E-state index in [1.165, 1.54) is 12.4 Å². The van der Waals surface area contributed by atoms with Crippen LogP contribution in [-0.4, -0.2) is 21.9 Å². The molecule has 0 saturated carbocycles. The lowest BCUT2D eigenvalue weighted by Gasteiger charge is -2.27. The molecule has 1 amide bonds. The zero-order chi connectivity index (χ0) is 12.3. The summed E-state index contributed by atoms with van der Waals surface area (Å²) in [5, 5.41) is 3.08. The van der Waals surface area contributed by atoms with Gasteiger partial charge >= 0.3 is 0 Å². The highest BCUT2D eigenvalue weighted by molar-refractivity contribution is 6.29. The van der Waals surface area contributed by atoms with Crippen molar-refractivity contribution in [3.63, 3.8) is 0 Å². The number of nitrogens with zero attached hydrogens (tertiary/aromatic N) is 2. The van der Waals surface area contributed by atoms with E-state index in [1.54, 1.807) is 0 Å². The van der Waals surface area contributed by atoms with Crippen molar-refractivity contribution >= 4 is 17.5 Å². The van der Waals surface area contributed by atoms with Crippen LogP contribution in [0, 0.1) is 5.41 Å². The first-order chi connectivity index (χ1) is 7.30. The summed E-state index contributed by atoms with van der Waals surface area (Å²) in [6.07, 6.45) is 2.79. The maximum Gasteiger partial charge on any atom is 0.271 e. The van der Waals surface area contributed by atoms with Crippen LogP contribution in [-0.2, 0) is 0 Å². The van der Waals surface area contributed by atoms with E-state index in [2.05, 4.69) is 36.1 Å². The third-order valence-electron chi connectivity index (χ3n) is 2.48. The van der Waals surface area contributed by atoms with E-state index in [4.69, 9.17) is 11.6 Å². The summed E-state index contributed by atoms with van der Waals surface area (Å²) in [4.78, 5) is 19.5. The van der Waals surface area contributed by atoms with Crippen molar-refractivity contribution in [1.29, 1.82) is 0 Å². The molecule has 1 aromatic heterocycles. The van der Waals surface area contributed by atoms with Gasteiger partial charge in [0.1, 0.15) is 10.8 Å². The molecule has 1 rings (SSSR count). The Bertz CT molecular complexity index is 387. The summed E-state index contributed by atoms with van der Waals surface area (Å²) in [5.74, 6) is -0.252. The fourth-order valence-corrected chi connectivity index (χ4v) is 1.09. The maximum atomic E-state index is 11.8. The molecule has 0 aromatic carbocycles. The Kier molecular flexibility index (Phi) is 3.86. The molecule has 5 heteroatoms. The minimum Gasteiger partial charge on any atom is -0.348 e. The zero-order valence-corrected chi connectivity index (χ0v) is 10.7. The monoisotopic (exact) mass is 241 g/mol. The maximum absolute atomic E-state index is 11.8. The predicted molar refractivity (Wildman–Crippen MR) is 63.4 cm³/mol. The van der Waals surface area contributed by atoms with E-state index >= 15 is 0 Å². The highest BCUT2D eigenvalue weighted by Crippen LogP contribution is 2.18. The summed E-state index contributed by atoms with van der Waals surface area (Å²) in [6, 6.07) is 0.0424. The average molecular weight is 242 g/mol. The lowest BCUT2D eigenvalue weighted by Crippen LogP contribution is -2.41. The number of carbonyl (C=O) groups excluding carboxylic acids is 1. The topological polar surface area (TPSA) is 54.9 Å². The van der Waals surface area contributed by atoms with Crippen LogP contribution in [0.25, 0.3) is 0 Å². The number of nitrogens with one attached hydrogen (secondary N) is 1.